The summed E-state index contributed by atoms with van der Waals surface area (Å²) in [6.45, 7) is 0.150. The highest BCUT2D eigenvalue weighted by molar-refractivity contribution is 7.21. The third kappa shape index (κ3) is 3.09. The number of hydrogen-bond donors (Lipinski definition) is 1. The maximum atomic E-state index is 10.6. The average molecular weight is 294 g/mol. The lowest BCUT2D eigenvalue weighted by Crippen LogP contribution is -1.99. The van der Waals surface area contributed by atoms with Gasteiger partial charge in [0, 0.05) is 29.3 Å². The monoisotopic (exact) mass is 294 g/mol. The Hall–Kier alpha value is -2.05. The zero-order chi connectivity index (χ0) is 14.5. The topological polar surface area (TPSA) is 65.0 Å². The molecule has 0 atom stereocenters. The van der Waals surface area contributed by atoms with Crippen LogP contribution in [0.2, 0.25) is 0 Å². The van der Waals surface area contributed by atoms with E-state index in [4.69, 9.17) is 19.3 Å². The normalized spacial score (nSPS) is 11.1. The fourth-order valence-electron chi connectivity index (χ4n) is 1.74. The number of hydrogen-bond acceptors (Lipinski definition) is 5. The SMILES string of the molecule is COCOc1ccc(/C=C/C(=O)O)c2sc(OC)cc12. The van der Waals surface area contributed by atoms with Gasteiger partial charge in [0.2, 0.25) is 0 Å². The summed E-state index contributed by atoms with van der Waals surface area (Å²) in [5, 5.41) is 10.3. The number of aliphatic carboxylic acids is 1. The van der Waals surface area contributed by atoms with Crippen LogP contribution >= 0.6 is 11.3 Å². The number of fused-ring (bicyclic) bond motifs is 1. The highest BCUT2D eigenvalue weighted by Crippen LogP contribution is 2.39. The Morgan fingerprint density at radius 1 is 1.40 bits per heavy atom. The number of carboxylic acids is 1. The molecule has 0 bridgehead atoms. The molecular weight excluding hydrogens is 280 g/mol. The predicted octanol–water partition coefficient (Wildman–Crippen LogP) is 2.99. The van der Waals surface area contributed by atoms with Gasteiger partial charge >= 0.3 is 5.97 Å². The molecule has 0 aliphatic heterocycles. The van der Waals surface area contributed by atoms with Gasteiger partial charge in [-0.1, -0.05) is 11.3 Å². The van der Waals surface area contributed by atoms with Crippen molar-refractivity contribution >= 4 is 33.5 Å². The molecular formula is C14H14O5S. The summed E-state index contributed by atoms with van der Waals surface area (Å²) in [6.07, 6.45) is 2.66. The van der Waals surface area contributed by atoms with Crippen molar-refractivity contribution in [3.8, 4) is 10.8 Å². The van der Waals surface area contributed by atoms with Crippen LogP contribution in [-0.2, 0) is 9.53 Å². The van der Waals surface area contributed by atoms with Crippen molar-refractivity contribution in [3.63, 3.8) is 0 Å². The number of thiophene rings is 1. The van der Waals surface area contributed by atoms with Gasteiger partial charge in [-0.2, -0.15) is 0 Å². The molecule has 0 saturated heterocycles. The lowest BCUT2D eigenvalue weighted by atomic mass is 10.1. The van der Waals surface area contributed by atoms with Crippen molar-refractivity contribution in [1.29, 1.82) is 0 Å². The molecule has 0 aliphatic carbocycles. The van der Waals surface area contributed by atoms with Crippen LogP contribution in [0.5, 0.6) is 10.8 Å². The van der Waals surface area contributed by atoms with E-state index in [9.17, 15) is 4.79 Å². The number of carbonyl (C=O) groups is 1. The van der Waals surface area contributed by atoms with Gasteiger partial charge in [-0.3, -0.25) is 0 Å². The van der Waals surface area contributed by atoms with Crippen LogP contribution in [0.4, 0.5) is 0 Å². The van der Waals surface area contributed by atoms with Crippen molar-refractivity contribution in [2.75, 3.05) is 21.0 Å². The van der Waals surface area contributed by atoms with Crippen LogP contribution in [0.3, 0.4) is 0 Å². The van der Waals surface area contributed by atoms with Crippen LogP contribution in [0, 0.1) is 0 Å². The summed E-state index contributed by atoms with van der Waals surface area (Å²) in [4.78, 5) is 10.6. The Morgan fingerprint density at radius 3 is 2.85 bits per heavy atom. The predicted molar refractivity (Wildman–Crippen MR) is 77.6 cm³/mol. The summed E-state index contributed by atoms with van der Waals surface area (Å²) in [5.41, 5.74) is 0.806. The number of benzene rings is 1. The fraction of sp³-hybridized carbons (Fsp3) is 0.214. The molecule has 0 unspecified atom stereocenters. The van der Waals surface area contributed by atoms with E-state index < -0.39 is 5.97 Å². The molecule has 0 radical (unpaired) electrons. The fourth-order valence-corrected chi connectivity index (χ4v) is 2.72. The van der Waals surface area contributed by atoms with Crippen LogP contribution in [0.1, 0.15) is 5.56 Å². The molecule has 0 spiro atoms. The molecule has 20 heavy (non-hydrogen) atoms. The molecule has 0 saturated carbocycles. The van der Waals surface area contributed by atoms with Crippen LogP contribution in [0.15, 0.2) is 24.3 Å². The maximum absolute atomic E-state index is 10.6. The minimum atomic E-state index is -0.985. The molecule has 1 aromatic carbocycles. The second-order valence-electron chi connectivity index (χ2n) is 3.89. The van der Waals surface area contributed by atoms with E-state index in [0.29, 0.717) is 5.75 Å². The quantitative estimate of drug-likeness (QED) is 0.655. The van der Waals surface area contributed by atoms with E-state index in [2.05, 4.69) is 0 Å². The third-order valence-corrected chi connectivity index (χ3v) is 3.74. The van der Waals surface area contributed by atoms with Crippen molar-refractivity contribution < 1.29 is 24.1 Å². The first-order chi connectivity index (χ1) is 9.65. The average Bonchev–Trinajstić information content (AvgIpc) is 2.87. The van der Waals surface area contributed by atoms with E-state index in [1.807, 2.05) is 12.1 Å². The molecule has 1 heterocycles. The first kappa shape index (κ1) is 14.4. The van der Waals surface area contributed by atoms with E-state index >= 15 is 0 Å². The van der Waals surface area contributed by atoms with Gasteiger partial charge in [0.25, 0.3) is 0 Å². The smallest absolute Gasteiger partial charge is 0.328 e. The van der Waals surface area contributed by atoms with Gasteiger partial charge in [-0.15, -0.1) is 0 Å². The summed E-state index contributed by atoms with van der Waals surface area (Å²) in [6, 6.07) is 5.46. The second kappa shape index (κ2) is 6.40. The van der Waals surface area contributed by atoms with Crippen LogP contribution in [0.25, 0.3) is 16.2 Å². The lowest BCUT2D eigenvalue weighted by molar-refractivity contribution is -0.131. The standard InChI is InChI=1S/C14H14O5S/c1-17-8-19-11-5-3-9(4-6-12(15)16)14-10(11)7-13(18-2)20-14/h3-7H,8H2,1-2H3,(H,15,16)/b6-4+. The molecule has 106 valence electrons. The maximum Gasteiger partial charge on any atom is 0.328 e. The van der Waals surface area contributed by atoms with Crippen molar-refractivity contribution in [2.24, 2.45) is 0 Å². The van der Waals surface area contributed by atoms with Gasteiger partial charge < -0.3 is 19.3 Å². The Kier molecular flexibility index (Phi) is 4.60. The minimum Gasteiger partial charge on any atom is -0.487 e. The van der Waals surface area contributed by atoms with Gasteiger partial charge in [-0.05, 0) is 23.8 Å². The van der Waals surface area contributed by atoms with Gasteiger partial charge in [-0.25, -0.2) is 4.79 Å². The van der Waals surface area contributed by atoms with E-state index in [0.717, 1.165) is 26.8 Å². The molecule has 1 N–H and O–H groups in total. The number of rotatable bonds is 6. The molecule has 2 rings (SSSR count). The highest BCUT2D eigenvalue weighted by Gasteiger charge is 2.11. The Labute approximate surface area is 120 Å². The molecule has 6 heteroatoms. The Morgan fingerprint density at radius 2 is 2.20 bits per heavy atom. The summed E-state index contributed by atoms with van der Waals surface area (Å²) < 4.78 is 16.5. The van der Waals surface area contributed by atoms with Crippen LogP contribution < -0.4 is 9.47 Å². The highest BCUT2D eigenvalue weighted by atomic mass is 32.1. The number of methoxy groups -OCH3 is 2. The number of carboxylic acid groups (broad SMARTS) is 1. The number of ether oxygens (including phenoxy) is 3. The third-order valence-electron chi connectivity index (χ3n) is 2.59. The van der Waals surface area contributed by atoms with E-state index in [-0.39, 0.29) is 6.79 Å². The first-order valence-corrected chi connectivity index (χ1v) is 6.60. The second-order valence-corrected chi connectivity index (χ2v) is 4.90. The van der Waals surface area contributed by atoms with Crippen molar-refractivity contribution in [2.45, 2.75) is 0 Å². The zero-order valence-electron chi connectivity index (χ0n) is 11.1. The van der Waals surface area contributed by atoms with Gasteiger partial charge in [0.15, 0.2) is 11.9 Å². The Balaban J connectivity index is 2.50. The Bertz CT molecular complexity index is 644. The van der Waals surface area contributed by atoms with Crippen molar-refractivity contribution in [3.05, 3.63) is 29.8 Å². The minimum absolute atomic E-state index is 0.150. The molecule has 0 fully saturated rings. The summed E-state index contributed by atoms with van der Waals surface area (Å²) >= 11 is 1.44. The summed E-state index contributed by atoms with van der Waals surface area (Å²) in [5.74, 6) is -0.310. The van der Waals surface area contributed by atoms with E-state index in [1.165, 1.54) is 11.3 Å². The van der Waals surface area contributed by atoms with Gasteiger partial charge in [0.05, 0.1) is 7.11 Å². The summed E-state index contributed by atoms with van der Waals surface area (Å²) in [7, 11) is 3.14. The molecule has 0 amide bonds. The van der Waals surface area contributed by atoms with Crippen molar-refractivity contribution in [1.82, 2.24) is 0 Å². The lowest BCUT2D eigenvalue weighted by Gasteiger charge is -2.07. The molecule has 5 nitrogen and oxygen atoms in total. The largest absolute Gasteiger partial charge is 0.487 e. The molecule has 0 aliphatic rings. The van der Waals surface area contributed by atoms with Gasteiger partial charge in [0.1, 0.15) is 5.75 Å². The molecule has 1 aromatic heterocycles. The first-order valence-electron chi connectivity index (χ1n) is 5.79. The van der Waals surface area contributed by atoms with E-state index in [1.54, 1.807) is 26.4 Å². The van der Waals surface area contributed by atoms with Crippen LogP contribution in [-0.4, -0.2) is 32.1 Å². The molecule has 2 aromatic rings. The zero-order valence-corrected chi connectivity index (χ0v) is 11.9.